The molecule has 0 aliphatic carbocycles. The average Bonchev–Trinajstić information content (AvgIpc) is 3.40. The molecule has 1 aliphatic heterocycles. The average molecular weight is 375 g/mol. The van der Waals surface area contributed by atoms with Gasteiger partial charge in [0, 0.05) is 31.5 Å². The van der Waals surface area contributed by atoms with E-state index < -0.39 is 0 Å². The van der Waals surface area contributed by atoms with Crippen LogP contribution in [-0.2, 0) is 13.6 Å². The summed E-state index contributed by atoms with van der Waals surface area (Å²) in [6, 6.07) is 10.1. The first-order valence-corrected chi connectivity index (χ1v) is 9.34. The number of H-pyrrole nitrogens is 1. The predicted molar refractivity (Wildman–Crippen MR) is 106 cm³/mol. The lowest BCUT2D eigenvalue weighted by Crippen LogP contribution is -2.23. The normalized spacial score (nSPS) is 16.6. The van der Waals surface area contributed by atoms with Crippen LogP contribution < -0.4 is 10.6 Å². The highest BCUT2D eigenvalue weighted by Gasteiger charge is 2.24. The van der Waals surface area contributed by atoms with Gasteiger partial charge in [-0.2, -0.15) is 5.10 Å². The fraction of sp³-hybridized carbons (Fsp3) is 0.250. The lowest BCUT2D eigenvalue weighted by molar-refractivity contribution is 0.0951. The summed E-state index contributed by atoms with van der Waals surface area (Å²) in [5.74, 6) is 0.898. The minimum absolute atomic E-state index is 0.0496. The molecule has 0 bridgehead atoms. The zero-order chi connectivity index (χ0) is 19.1. The van der Waals surface area contributed by atoms with Crippen LogP contribution in [0.25, 0.3) is 11.0 Å². The number of benzene rings is 1. The van der Waals surface area contributed by atoms with E-state index in [4.69, 9.17) is 4.98 Å². The number of rotatable bonds is 4. The van der Waals surface area contributed by atoms with Crippen LogP contribution in [0.15, 0.2) is 48.9 Å². The molecule has 1 unspecified atom stereocenters. The Balaban J connectivity index is 1.36. The maximum atomic E-state index is 12.1. The molecule has 142 valence electrons. The van der Waals surface area contributed by atoms with Crippen molar-refractivity contribution in [3.05, 3.63) is 66.0 Å². The van der Waals surface area contributed by atoms with Gasteiger partial charge in [-0.1, -0.05) is 12.1 Å². The molecule has 5 rings (SSSR count). The second-order valence-corrected chi connectivity index (χ2v) is 7.05. The third-order valence-corrected chi connectivity index (χ3v) is 5.26. The van der Waals surface area contributed by atoms with Crippen LogP contribution in [0.2, 0.25) is 0 Å². The number of hydrogen-bond donors (Lipinski definition) is 3. The van der Waals surface area contributed by atoms with Gasteiger partial charge < -0.3 is 20.2 Å². The third kappa shape index (κ3) is 2.83. The van der Waals surface area contributed by atoms with Gasteiger partial charge in [-0.3, -0.25) is 9.48 Å². The molecular formula is C20H21N7O. The fourth-order valence-corrected chi connectivity index (χ4v) is 3.80. The number of aromatic amines is 1. The molecule has 0 fully saturated rings. The summed E-state index contributed by atoms with van der Waals surface area (Å²) < 4.78 is 3.97. The van der Waals surface area contributed by atoms with E-state index >= 15 is 0 Å². The highest BCUT2D eigenvalue weighted by molar-refractivity contribution is 5.94. The number of carbonyl (C=O) groups excluding carboxylic acids is 1. The summed E-state index contributed by atoms with van der Waals surface area (Å²) in [5, 5.41) is 10.9. The van der Waals surface area contributed by atoms with Gasteiger partial charge in [-0.05, 0) is 24.6 Å². The lowest BCUT2D eigenvalue weighted by atomic mass is 10.1. The number of imidazole rings is 1. The zero-order valence-corrected chi connectivity index (χ0v) is 15.5. The summed E-state index contributed by atoms with van der Waals surface area (Å²) in [7, 11) is 2.02. The van der Waals surface area contributed by atoms with Gasteiger partial charge in [0.2, 0.25) is 0 Å². The first kappa shape index (κ1) is 16.6. The Kier molecular flexibility index (Phi) is 3.89. The first-order chi connectivity index (χ1) is 13.7. The first-order valence-electron chi connectivity index (χ1n) is 9.34. The molecule has 3 aromatic heterocycles. The Morgan fingerprint density at radius 2 is 2.18 bits per heavy atom. The molecule has 8 heteroatoms. The summed E-state index contributed by atoms with van der Waals surface area (Å²) in [4.78, 5) is 19.8. The Morgan fingerprint density at radius 1 is 1.29 bits per heavy atom. The van der Waals surface area contributed by atoms with Crippen LogP contribution in [0, 0.1) is 0 Å². The van der Waals surface area contributed by atoms with Crippen molar-refractivity contribution in [3.63, 3.8) is 0 Å². The summed E-state index contributed by atoms with van der Waals surface area (Å²) in [5.41, 5.74) is 4.63. The fourth-order valence-electron chi connectivity index (χ4n) is 3.80. The molecule has 3 N–H and O–H groups in total. The van der Waals surface area contributed by atoms with E-state index in [9.17, 15) is 4.79 Å². The van der Waals surface area contributed by atoms with Gasteiger partial charge in [0.05, 0.1) is 35.5 Å². The van der Waals surface area contributed by atoms with Crippen molar-refractivity contribution < 1.29 is 4.79 Å². The van der Waals surface area contributed by atoms with Crippen molar-refractivity contribution in [1.29, 1.82) is 0 Å². The molecule has 8 nitrogen and oxygen atoms in total. The second-order valence-electron chi connectivity index (χ2n) is 7.05. The number of nitrogens with zero attached hydrogens (tertiary/aromatic N) is 4. The van der Waals surface area contributed by atoms with Gasteiger partial charge in [-0.25, -0.2) is 4.98 Å². The van der Waals surface area contributed by atoms with Crippen molar-refractivity contribution in [2.75, 3.05) is 11.9 Å². The highest BCUT2D eigenvalue weighted by atomic mass is 16.1. The number of aryl methyl sites for hydroxylation is 1. The standard InChI is InChI=1S/C20H21N7O/c1-26-17-5-3-2-4-16(17)25-18(26)12-27-11-13(10-23-27)24-15-7-9-22-20(28)19-14(15)6-8-21-19/h2-6,8,10-11,15,21,24H,7,9,12H2,1H3,(H,22,28). The topological polar surface area (TPSA) is 92.6 Å². The largest absolute Gasteiger partial charge is 0.376 e. The van der Waals surface area contributed by atoms with E-state index in [1.54, 1.807) is 6.20 Å². The summed E-state index contributed by atoms with van der Waals surface area (Å²) in [6.45, 7) is 1.22. The third-order valence-electron chi connectivity index (χ3n) is 5.26. The van der Waals surface area contributed by atoms with Crippen molar-refractivity contribution >= 4 is 22.6 Å². The Labute approximate surface area is 161 Å². The van der Waals surface area contributed by atoms with Gasteiger partial charge in [0.1, 0.15) is 11.5 Å². The number of nitrogens with one attached hydrogen (secondary N) is 3. The molecule has 1 aliphatic rings. The van der Waals surface area contributed by atoms with Crippen LogP contribution in [0.1, 0.15) is 34.3 Å². The molecule has 1 amide bonds. The van der Waals surface area contributed by atoms with Gasteiger partial charge in [-0.15, -0.1) is 0 Å². The summed E-state index contributed by atoms with van der Waals surface area (Å²) >= 11 is 0. The van der Waals surface area contributed by atoms with E-state index in [1.807, 2.05) is 48.4 Å². The second kappa shape index (κ2) is 6.56. The number of fused-ring (bicyclic) bond motifs is 2. The van der Waals surface area contributed by atoms with Crippen molar-refractivity contribution in [1.82, 2.24) is 29.6 Å². The van der Waals surface area contributed by atoms with E-state index in [0.29, 0.717) is 18.8 Å². The number of aromatic nitrogens is 5. The number of carbonyl (C=O) groups is 1. The molecule has 0 saturated heterocycles. The van der Waals surface area contributed by atoms with Gasteiger partial charge >= 0.3 is 0 Å². The van der Waals surface area contributed by atoms with Crippen molar-refractivity contribution in [2.24, 2.45) is 7.05 Å². The number of hydrogen-bond acceptors (Lipinski definition) is 4. The number of anilines is 1. The van der Waals surface area contributed by atoms with Crippen LogP contribution in [-0.4, -0.2) is 36.8 Å². The van der Waals surface area contributed by atoms with Crippen LogP contribution in [0.5, 0.6) is 0 Å². The van der Waals surface area contributed by atoms with E-state index in [2.05, 4.69) is 31.3 Å². The molecule has 28 heavy (non-hydrogen) atoms. The van der Waals surface area contributed by atoms with Gasteiger partial charge in [0.25, 0.3) is 5.91 Å². The Bertz CT molecular complexity index is 1150. The van der Waals surface area contributed by atoms with Crippen LogP contribution in [0.3, 0.4) is 0 Å². The maximum absolute atomic E-state index is 12.1. The maximum Gasteiger partial charge on any atom is 0.268 e. The Hall–Kier alpha value is -3.55. The summed E-state index contributed by atoms with van der Waals surface area (Å²) in [6.07, 6.45) is 6.41. The van der Waals surface area contributed by atoms with Crippen LogP contribution >= 0.6 is 0 Å². The quantitative estimate of drug-likeness (QED) is 0.511. The van der Waals surface area contributed by atoms with E-state index in [-0.39, 0.29) is 11.9 Å². The molecule has 4 heterocycles. The molecule has 0 radical (unpaired) electrons. The van der Waals surface area contributed by atoms with Crippen molar-refractivity contribution in [2.45, 2.75) is 19.0 Å². The molecule has 4 aromatic rings. The molecule has 1 atom stereocenters. The smallest absolute Gasteiger partial charge is 0.268 e. The van der Waals surface area contributed by atoms with E-state index in [1.165, 1.54) is 0 Å². The predicted octanol–water partition coefficient (Wildman–Crippen LogP) is 2.43. The lowest BCUT2D eigenvalue weighted by Gasteiger charge is -2.16. The molecular weight excluding hydrogens is 354 g/mol. The zero-order valence-electron chi connectivity index (χ0n) is 15.5. The number of amides is 1. The van der Waals surface area contributed by atoms with Crippen LogP contribution in [0.4, 0.5) is 5.69 Å². The monoisotopic (exact) mass is 375 g/mol. The molecule has 1 aromatic carbocycles. The van der Waals surface area contributed by atoms with E-state index in [0.717, 1.165) is 34.5 Å². The number of para-hydroxylation sites is 2. The minimum atomic E-state index is -0.0538. The highest BCUT2D eigenvalue weighted by Crippen LogP contribution is 2.27. The van der Waals surface area contributed by atoms with Crippen molar-refractivity contribution in [3.8, 4) is 0 Å². The van der Waals surface area contributed by atoms with Gasteiger partial charge in [0.15, 0.2) is 0 Å². The Morgan fingerprint density at radius 3 is 3.07 bits per heavy atom. The SMILES string of the molecule is Cn1c(Cn2cc(NC3CCNC(=O)c4[nH]ccc43)cn2)nc2ccccc21. The molecule has 0 spiro atoms. The molecule has 0 saturated carbocycles. The minimum Gasteiger partial charge on any atom is -0.376 e.